The monoisotopic (exact) mass is 548 g/mol. The molecule has 0 spiro atoms. The van der Waals surface area contributed by atoms with E-state index in [-0.39, 0.29) is 12.1 Å². The molecule has 2 aliphatic heterocycles. The van der Waals surface area contributed by atoms with E-state index in [9.17, 15) is 14.7 Å². The van der Waals surface area contributed by atoms with Gasteiger partial charge in [0.15, 0.2) is 0 Å². The summed E-state index contributed by atoms with van der Waals surface area (Å²) in [5.74, 6) is -0.752. The van der Waals surface area contributed by atoms with E-state index < -0.39 is 11.6 Å². The lowest BCUT2D eigenvalue weighted by molar-refractivity contribution is -0.961. The maximum atomic E-state index is 13.7. The van der Waals surface area contributed by atoms with Crippen LogP contribution in [0.1, 0.15) is 59.9 Å². The van der Waals surface area contributed by atoms with Gasteiger partial charge < -0.3 is 19.1 Å². The summed E-state index contributed by atoms with van der Waals surface area (Å²) in [5, 5.41) is 11.8. The van der Waals surface area contributed by atoms with Gasteiger partial charge in [-0.15, -0.1) is 11.3 Å². The Hall–Kier alpha value is -3.00. The first-order valence-corrected chi connectivity index (χ1v) is 14.8. The normalized spacial score (nSPS) is 24.3. The number of quaternary nitrogens is 1. The summed E-state index contributed by atoms with van der Waals surface area (Å²) in [6.45, 7) is 3.19. The highest BCUT2D eigenvalue weighted by molar-refractivity contribution is 7.11. The number of thiophene rings is 1. The molecule has 6 nitrogen and oxygen atoms in total. The number of aryl methyl sites for hydroxylation is 1. The number of ether oxygens (including phenoxy) is 2. The van der Waals surface area contributed by atoms with Gasteiger partial charge in [-0.2, -0.15) is 0 Å². The highest BCUT2D eigenvalue weighted by Gasteiger charge is 2.53. The molecule has 1 N–H and O–H groups in total. The summed E-state index contributed by atoms with van der Waals surface area (Å²) in [6.07, 6.45) is 4.71. The van der Waals surface area contributed by atoms with E-state index in [4.69, 9.17) is 9.47 Å². The lowest BCUT2D eigenvalue weighted by Gasteiger charge is -2.47. The van der Waals surface area contributed by atoms with Crippen LogP contribution in [0.15, 0.2) is 72.8 Å². The highest BCUT2D eigenvalue weighted by Crippen LogP contribution is 2.45. The van der Waals surface area contributed by atoms with Gasteiger partial charge in [0.1, 0.15) is 12.6 Å². The maximum Gasteiger partial charge on any atom is 0.347 e. The molecule has 1 aromatic heterocycles. The molecule has 2 fully saturated rings. The minimum Gasteiger partial charge on any atom is -0.466 e. The second-order valence-electron chi connectivity index (χ2n) is 11.0. The number of piperidine rings is 1. The topological polar surface area (TPSA) is 72.8 Å². The number of benzene rings is 2. The zero-order chi connectivity index (χ0) is 27.5. The largest absolute Gasteiger partial charge is 0.466 e. The lowest BCUT2D eigenvalue weighted by atomic mass is 9.86. The summed E-state index contributed by atoms with van der Waals surface area (Å²) in [5.41, 5.74) is -0.831. The van der Waals surface area contributed by atoms with Gasteiger partial charge in [0.25, 0.3) is 0 Å². The van der Waals surface area contributed by atoms with Crippen molar-refractivity contribution in [3.63, 3.8) is 0 Å². The molecular weight excluding hydrogens is 510 g/mol. The Labute approximate surface area is 234 Å². The van der Waals surface area contributed by atoms with E-state index in [1.54, 1.807) is 35.6 Å². The molecule has 206 valence electrons. The van der Waals surface area contributed by atoms with Gasteiger partial charge in [-0.1, -0.05) is 60.7 Å². The maximum absolute atomic E-state index is 13.7. The van der Waals surface area contributed by atoms with Crippen LogP contribution in [0, 0.1) is 0 Å². The molecular formula is C32H38NO5S+. The highest BCUT2D eigenvalue weighted by atomic mass is 32.1. The number of fused-ring (bicyclic) bond motifs is 2. The average Bonchev–Trinajstić information content (AvgIpc) is 3.43. The van der Waals surface area contributed by atoms with Crippen LogP contribution in [0.2, 0.25) is 0 Å². The van der Waals surface area contributed by atoms with Crippen molar-refractivity contribution in [3.05, 3.63) is 93.7 Å². The Balaban J connectivity index is 1.26. The molecule has 3 heterocycles. The Morgan fingerprint density at radius 1 is 0.923 bits per heavy atom. The number of hydrogen-bond donors (Lipinski definition) is 1. The van der Waals surface area contributed by atoms with Gasteiger partial charge in [-0.3, -0.25) is 4.79 Å². The first kappa shape index (κ1) is 27.6. The number of aliphatic hydroxyl groups is 1. The number of carbonyl (C=O) groups is 2. The van der Waals surface area contributed by atoms with E-state index in [0.717, 1.165) is 36.7 Å². The van der Waals surface area contributed by atoms with Crippen LogP contribution in [-0.4, -0.2) is 53.4 Å². The van der Waals surface area contributed by atoms with Crippen molar-refractivity contribution in [2.24, 2.45) is 0 Å². The molecule has 2 aliphatic rings. The zero-order valence-corrected chi connectivity index (χ0v) is 23.6. The third-order valence-corrected chi connectivity index (χ3v) is 9.75. The van der Waals surface area contributed by atoms with Gasteiger partial charge in [0.2, 0.25) is 5.60 Å². The van der Waals surface area contributed by atoms with E-state index in [1.165, 1.54) is 9.75 Å². The van der Waals surface area contributed by atoms with Crippen LogP contribution in [0.3, 0.4) is 0 Å². The molecule has 5 rings (SSSR count). The van der Waals surface area contributed by atoms with Crippen molar-refractivity contribution in [3.8, 4) is 0 Å². The molecule has 0 amide bonds. The van der Waals surface area contributed by atoms with Gasteiger partial charge >= 0.3 is 11.9 Å². The van der Waals surface area contributed by atoms with E-state index in [2.05, 4.69) is 19.2 Å². The molecule has 2 bridgehead atoms. The van der Waals surface area contributed by atoms with Crippen molar-refractivity contribution in [2.45, 2.75) is 75.8 Å². The predicted octanol–water partition coefficient (Wildman–Crippen LogP) is 5.36. The van der Waals surface area contributed by atoms with E-state index in [1.807, 2.05) is 43.3 Å². The van der Waals surface area contributed by atoms with Crippen molar-refractivity contribution in [1.29, 1.82) is 0 Å². The fraction of sp³-hybridized carbons (Fsp3) is 0.438. The van der Waals surface area contributed by atoms with Crippen molar-refractivity contribution in [2.75, 3.05) is 13.7 Å². The van der Waals surface area contributed by atoms with Crippen LogP contribution in [0.25, 0.3) is 0 Å². The van der Waals surface area contributed by atoms with Crippen molar-refractivity contribution >= 4 is 23.3 Å². The third-order valence-electron chi connectivity index (χ3n) is 8.62. The minimum atomic E-state index is -1.85. The van der Waals surface area contributed by atoms with Gasteiger partial charge in [-0.05, 0) is 36.6 Å². The number of hydrogen-bond acceptors (Lipinski definition) is 6. The fourth-order valence-electron chi connectivity index (χ4n) is 6.48. The van der Waals surface area contributed by atoms with Crippen LogP contribution in [0.5, 0.6) is 0 Å². The van der Waals surface area contributed by atoms with E-state index >= 15 is 0 Å². The molecule has 0 radical (unpaired) electrons. The number of carbonyl (C=O) groups excluding carboxylic acids is 2. The second-order valence-corrected chi connectivity index (χ2v) is 12.3. The van der Waals surface area contributed by atoms with E-state index in [0.29, 0.717) is 42.7 Å². The molecule has 3 aromatic rings. The summed E-state index contributed by atoms with van der Waals surface area (Å²) in [7, 11) is 2.34. The predicted molar refractivity (Wildman–Crippen MR) is 151 cm³/mol. The van der Waals surface area contributed by atoms with Gasteiger partial charge in [0.05, 0.1) is 37.0 Å². The fourth-order valence-corrected chi connectivity index (χ4v) is 7.64. The third kappa shape index (κ3) is 5.67. The summed E-state index contributed by atoms with van der Waals surface area (Å²) in [6, 6.07) is 23.3. The first-order valence-electron chi connectivity index (χ1n) is 14.0. The first-order chi connectivity index (χ1) is 18.8. The second kappa shape index (κ2) is 11.6. The lowest BCUT2D eigenvalue weighted by Crippen LogP contribution is -2.58. The average molecular weight is 549 g/mol. The number of nitrogens with zero attached hydrogens (tertiary/aromatic N) is 1. The van der Waals surface area contributed by atoms with Gasteiger partial charge in [-0.25, -0.2) is 4.79 Å². The van der Waals surface area contributed by atoms with Crippen molar-refractivity contribution in [1.82, 2.24) is 0 Å². The molecule has 2 unspecified atom stereocenters. The molecule has 4 atom stereocenters. The molecule has 0 saturated carbocycles. The zero-order valence-electron chi connectivity index (χ0n) is 22.8. The smallest absolute Gasteiger partial charge is 0.347 e. The molecule has 0 aliphatic carbocycles. The van der Waals surface area contributed by atoms with Crippen LogP contribution >= 0.6 is 11.3 Å². The minimum absolute atomic E-state index is 0.146. The van der Waals surface area contributed by atoms with Gasteiger partial charge in [0, 0.05) is 30.6 Å². The molecule has 39 heavy (non-hydrogen) atoms. The Morgan fingerprint density at radius 2 is 1.49 bits per heavy atom. The quantitative estimate of drug-likeness (QED) is 0.273. The Kier molecular flexibility index (Phi) is 8.21. The summed E-state index contributed by atoms with van der Waals surface area (Å²) in [4.78, 5) is 27.9. The standard InChI is InChI=1S/C32H38NO5S/c1-3-37-30(34)19-18-28-16-17-29(39-28)22-33(2)25-14-15-26(33)21-27(20-25)38-31(35)32(36,23-10-6-4-7-11-23)24-12-8-5-9-13-24/h4-13,16-17,25-27,36H,3,14-15,18-22H2,1-2H3/q+1/t25-,26+,27?,33?. The van der Waals surface area contributed by atoms with Crippen LogP contribution < -0.4 is 0 Å². The van der Waals surface area contributed by atoms with Crippen LogP contribution in [-0.2, 0) is 37.6 Å². The summed E-state index contributed by atoms with van der Waals surface area (Å²) >= 11 is 1.79. The Morgan fingerprint density at radius 3 is 2.05 bits per heavy atom. The van der Waals surface area contributed by atoms with Crippen molar-refractivity contribution < 1.29 is 28.7 Å². The number of esters is 2. The summed E-state index contributed by atoms with van der Waals surface area (Å²) < 4.78 is 12.1. The SMILES string of the molecule is CCOC(=O)CCc1ccc(C[N+]2(C)[C@@H]3CC[C@H]2CC(OC(=O)C(O)(c2ccccc2)c2ccccc2)C3)s1. The number of rotatable bonds is 10. The molecule has 2 aromatic carbocycles. The molecule has 2 saturated heterocycles. The Bertz CT molecular complexity index is 1220. The van der Waals surface area contributed by atoms with Crippen LogP contribution in [0.4, 0.5) is 0 Å². The molecule has 7 heteroatoms.